The van der Waals surface area contributed by atoms with Crippen molar-refractivity contribution in [2.75, 3.05) is 6.61 Å². The molecule has 0 saturated heterocycles. The molecule has 0 amide bonds. The predicted molar refractivity (Wildman–Crippen MR) is 58.4 cm³/mol. The van der Waals surface area contributed by atoms with Gasteiger partial charge in [0.2, 0.25) is 5.78 Å². The van der Waals surface area contributed by atoms with Crippen LogP contribution in [0.15, 0.2) is 24.5 Å². The third-order valence-electron chi connectivity index (χ3n) is 2.73. The maximum absolute atomic E-state index is 13.8. The highest BCUT2D eigenvalue weighted by molar-refractivity contribution is 6.03. The Morgan fingerprint density at radius 1 is 1.41 bits per heavy atom. The molecule has 86 valence electrons. The average Bonchev–Trinajstić information content (AvgIpc) is 2.86. The lowest BCUT2D eigenvalue weighted by molar-refractivity contribution is 0.0958. The Hall–Kier alpha value is -2.17. The topological polar surface area (TPSA) is 44.1 Å². The zero-order chi connectivity index (χ0) is 12.0. The van der Waals surface area contributed by atoms with Gasteiger partial charge in [-0.3, -0.25) is 9.48 Å². The van der Waals surface area contributed by atoms with Crippen molar-refractivity contribution in [2.45, 2.75) is 0 Å². The molecule has 0 radical (unpaired) electrons. The minimum atomic E-state index is -0.538. The van der Waals surface area contributed by atoms with Crippen molar-refractivity contribution in [1.29, 1.82) is 0 Å². The van der Waals surface area contributed by atoms with Gasteiger partial charge >= 0.3 is 0 Å². The highest BCUT2D eigenvalue weighted by Gasteiger charge is 2.26. The molecule has 4 nitrogen and oxygen atoms in total. The fourth-order valence-corrected chi connectivity index (χ4v) is 1.92. The fourth-order valence-electron chi connectivity index (χ4n) is 1.92. The van der Waals surface area contributed by atoms with Crippen LogP contribution >= 0.6 is 0 Å². The second-order valence-corrected chi connectivity index (χ2v) is 3.95. The SMILES string of the molecule is Cn1cc(-c2cc(F)c3c(c2)OCC3=O)cn1. The summed E-state index contributed by atoms with van der Waals surface area (Å²) in [6, 6.07) is 3.00. The predicted octanol–water partition coefficient (Wildman–Crippen LogP) is 1.80. The number of halogens is 1. The van der Waals surface area contributed by atoms with E-state index in [2.05, 4.69) is 5.10 Å². The molecule has 1 aromatic heterocycles. The van der Waals surface area contributed by atoms with Crippen molar-refractivity contribution in [3.63, 3.8) is 0 Å². The number of hydrogen-bond donors (Lipinski definition) is 0. The number of hydrogen-bond acceptors (Lipinski definition) is 3. The molecule has 0 saturated carbocycles. The van der Waals surface area contributed by atoms with Crippen molar-refractivity contribution in [1.82, 2.24) is 9.78 Å². The highest BCUT2D eigenvalue weighted by Crippen LogP contribution is 2.33. The number of ether oxygens (including phenoxy) is 1. The van der Waals surface area contributed by atoms with Crippen molar-refractivity contribution in [2.24, 2.45) is 7.05 Å². The molecule has 0 fully saturated rings. The van der Waals surface area contributed by atoms with Crippen LogP contribution in [-0.4, -0.2) is 22.2 Å². The molecule has 2 aromatic rings. The summed E-state index contributed by atoms with van der Waals surface area (Å²) in [6.45, 7) is -0.0806. The van der Waals surface area contributed by atoms with E-state index < -0.39 is 5.82 Å². The lowest BCUT2D eigenvalue weighted by Crippen LogP contribution is -2.00. The number of carbonyl (C=O) groups excluding carboxylic acids is 1. The number of nitrogens with zero attached hydrogens (tertiary/aromatic N) is 2. The Bertz CT molecular complexity index is 619. The Labute approximate surface area is 96.6 Å². The quantitative estimate of drug-likeness (QED) is 0.753. The second-order valence-electron chi connectivity index (χ2n) is 3.95. The lowest BCUT2D eigenvalue weighted by atomic mass is 10.0. The van der Waals surface area contributed by atoms with Gasteiger partial charge in [-0.1, -0.05) is 0 Å². The van der Waals surface area contributed by atoms with Gasteiger partial charge in [0.25, 0.3) is 0 Å². The minimum absolute atomic E-state index is 0.0534. The van der Waals surface area contributed by atoms with Gasteiger partial charge in [-0.2, -0.15) is 5.10 Å². The second kappa shape index (κ2) is 3.41. The number of benzene rings is 1. The first-order valence-corrected chi connectivity index (χ1v) is 5.14. The van der Waals surface area contributed by atoms with Gasteiger partial charge in [0, 0.05) is 18.8 Å². The van der Waals surface area contributed by atoms with E-state index in [1.807, 2.05) is 0 Å². The number of aryl methyl sites for hydroxylation is 1. The van der Waals surface area contributed by atoms with Gasteiger partial charge in [0.15, 0.2) is 6.61 Å². The van der Waals surface area contributed by atoms with Crippen LogP contribution in [0.5, 0.6) is 5.75 Å². The molecule has 0 bridgehead atoms. The largest absolute Gasteiger partial charge is 0.485 e. The third kappa shape index (κ3) is 1.51. The molecule has 0 aliphatic carbocycles. The van der Waals surface area contributed by atoms with E-state index in [4.69, 9.17) is 4.74 Å². The number of aromatic nitrogens is 2. The van der Waals surface area contributed by atoms with Crippen LogP contribution in [0.2, 0.25) is 0 Å². The Morgan fingerprint density at radius 2 is 2.24 bits per heavy atom. The molecule has 5 heteroatoms. The monoisotopic (exact) mass is 232 g/mol. The lowest BCUT2D eigenvalue weighted by Gasteiger charge is -2.02. The maximum Gasteiger partial charge on any atom is 0.206 e. The molecule has 1 aliphatic heterocycles. The summed E-state index contributed by atoms with van der Waals surface area (Å²) in [4.78, 5) is 11.4. The molecular formula is C12H9FN2O2. The van der Waals surface area contributed by atoms with Gasteiger partial charge in [-0.25, -0.2) is 4.39 Å². The Morgan fingerprint density at radius 3 is 2.94 bits per heavy atom. The van der Waals surface area contributed by atoms with Crippen LogP contribution in [0, 0.1) is 5.82 Å². The summed E-state index contributed by atoms with van der Waals surface area (Å²) in [5.74, 6) is -0.534. The van der Waals surface area contributed by atoms with Gasteiger partial charge in [0.05, 0.1) is 11.8 Å². The summed E-state index contributed by atoms with van der Waals surface area (Å²) in [5.41, 5.74) is 1.50. The van der Waals surface area contributed by atoms with Gasteiger partial charge in [-0.05, 0) is 17.7 Å². The van der Waals surface area contributed by atoms with Crippen LogP contribution in [0.25, 0.3) is 11.1 Å². The fraction of sp³-hybridized carbons (Fsp3) is 0.167. The van der Waals surface area contributed by atoms with Crippen molar-refractivity contribution < 1.29 is 13.9 Å². The zero-order valence-electron chi connectivity index (χ0n) is 9.11. The molecule has 0 spiro atoms. The first kappa shape index (κ1) is 10.0. The normalized spacial score (nSPS) is 13.6. The summed E-state index contributed by atoms with van der Waals surface area (Å²) >= 11 is 0. The minimum Gasteiger partial charge on any atom is -0.485 e. The first-order valence-electron chi connectivity index (χ1n) is 5.14. The zero-order valence-corrected chi connectivity index (χ0v) is 9.11. The number of carbonyl (C=O) groups is 1. The Balaban J connectivity index is 2.15. The van der Waals surface area contributed by atoms with Gasteiger partial charge in [0.1, 0.15) is 11.6 Å². The van der Waals surface area contributed by atoms with Gasteiger partial charge in [-0.15, -0.1) is 0 Å². The molecule has 2 heterocycles. The summed E-state index contributed by atoms with van der Waals surface area (Å²) in [7, 11) is 1.78. The van der Waals surface area contributed by atoms with Crippen LogP contribution < -0.4 is 4.74 Å². The molecular weight excluding hydrogens is 223 g/mol. The van der Waals surface area contributed by atoms with E-state index in [-0.39, 0.29) is 18.0 Å². The number of rotatable bonds is 1. The first-order chi connectivity index (χ1) is 8.15. The van der Waals surface area contributed by atoms with E-state index in [9.17, 15) is 9.18 Å². The summed E-state index contributed by atoms with van der Waals surface area (Å²) < 4.78 is 20.5. The van der Waals surface area contributed by atoms with Crippen molar-refractivity contribution in [3.05, 3.63) is 35.9 Å². The van der Waals surface area contributed by atoms with E-state index in [1.54, 1.807) is 30.2 Å². The molecule has 1 aliphatic rings. The van der Waals surface area contributed by atoms with Gasteiger partial charge < -0.3 is 4.74 Å². The van der Waals surface area contributed by atoms with Crippen LogP contribution in [0.1, 0.15) is 10.4 Å². The van der Waals surface area contributed by atoms with Crippen LogP contribution in [0.3, 0.4) is 0 Å². The molecule has 3 rings (SSSR count). The summed E-state index contributed by atoms with van der Waals surface area (Å²) in [6.07, 6.45) is 3.41. The van der Waals surface area contributed by atoms with Crippen molar-refractivity contribution >= 4 is 5.78 Å². The van der Waals surface area contributed by atoms with Crippen molar-refractivity contribution in [3.8, 4) is 16.9 Å². The molecule has 1 aromatic carbocycles. The third-order valence-corrected chi connectivity index (χ3v) is 2.73. The molecule has 0 N–H and O–H groups in total. The van der Waals surface area contributed by atoms with E-state index >= 15 is 0 Å². The molecule has 17 heavy (non-hydrogen) atoms. The molecule has 0 atom stereocenters. The number of fused-ring (bicyclic) bond motifs is 1. The summed E-state index contributed by atoms with van der Waals surface area (Å²) in [5, 5.41) is 4.02. The maximum atomic E-state index is 13.8. The number of ketones is 1. The van der Waals surface area contributed by atoms with E-state index in [0.717, 1.165) is 5.56 Å². The van der Waals surface area contributed by atoms with Crippen LogP contribution in [-0.2, 0) is 7.05 Å². The Kier molecular flexibility index (Phi) is 2.01. The average molecular weight is 232 g/mol. The smallest absolute Gasteiger partial charge is 0.206 e. The van der Waals surface area contributed by atoms with E-state index in [0.29, 0.717) is 11.3 Å². The number of Topliss-reactive ketones (excluding diaryl/α,β-unsaturated/α-hetero) is 1. The highest BCUT2D eigenvalue weighted by atomic mass is 19.1. The standard InChI is InChI=1S/C12H9FN2O2/c1-15-5-8(4-14-15)7-2-9(13)12-10(16)6-17-11(12)3-7/h2-5H,6H2,1H3. The van der Waals surface area contributed by atoms with E-state index in [1.165, 1.54) is 6.07 Å². The van der Waals surface area contributed by atoms with Crippen LogP contribution in [0.4, 0.5) is 4.39 Å². The molecule has 0 unspecified atom stereocenters.